The molecule has 0 atom stereocenters. The molecule has 0 amide bonds. The van der Waals surface area contributed by atoms with E-state index in [0.717, 1.165) is 15.2 Å². The molecule has 2 aromatic heterocycles. The Morgan fingerprint density at radius 1 is 1.24 bits per heavy atom. The Labute approximate surface area is 124 Å². The van der Waals surface area contributed by atoms with Crippen LogP contribution in [0.2, 0.25) is 0 Å². The molecule has 0 bridgehead atoms. The third kappa shape index (κ3) is 2.68. The van der Waals surface area contributed by atoms with Crippen LogP contribution in [0.1, 0.15) is 10.7 Å². The number of para-hydroxylation sites is 1. The van der Waals surface area contributed by atoms with Gasteiger partial charge >= 0.3 is 0 Å². The van der Waals surface area contributed by atoms with Gasteiger partial charge in [0.05, 0.1) is 15.1 Å². The summed E-state index contributed by atoms with van der Waals surface area (Å²) in [7, 11) is 1.73. The standard InChI is InChI=1S/C14H12N4O2S/c1-15-13-7-6-11(18(19)20)10(16-13)8-14-17-9-4-2-3-5-12(9)21-14/h2-7H,8H2,1H3,(H,15,16). The van der Waals surface area contributed by atoms with Gasteiger partial charge < -0.3 is 5.32 Å². The van der Waals surface area contributed by atoms with Crippen molar-refractivity contribution in [2.75, 3.05) is 12.4 Å². The Morgan fingerprint density at radius 2 is 2.05 bits per heavy atom. The number of pyridine rings is 1. The van der Waals surface area contributed by atoms with Crippen molar-refractivity contribution in [2.45, 2.75) is 6.42 Å². The Kier molecular flexibility index (Phi) is 3.49. The summed E-state index contributed by atoms with van der Waals surface area (Å²) in [4.78, 5) is 19.5. The van der Waals surface area contributed by atoms with Gasteiger partial charge in [-0.1, -0.05) is 12.1 Å². The topological polar surface area (TPSA) is 81.0 Å². The summed E-state index contributed by atoms with van der Waals surface area (Å²) < 4.78 is 1.07. The molecule has 0 unspecified atom stereocenters. The Hall–Kier alpha value is -2.54. The molecule has 0 saturated carbocycles. The molecule has 1 N–H and O–H groups in total. The summed E-state index contributed by atoms with van der Waals surface area (Å²) in [5.74, 6) is 0.608. The number of nitrogens with one attached hydrogen (secondary N) is 1. The van der Waals surface area contributed by atoms with Crippen molar-refractivity contribution in [1.29, 1.82) is 0 Å². The number of rotatable bonds is 4. The van der Waals surface area contributed by atoms with Crippen molar-refractivity contribution >= 4 is 33.1 Å². The van der Waals surface area contributed by atoms with Gasteiger partial charge in [0.2, 0.25) is 0 Å². The van der Waals surface area contributed by atoms with Gasteiger partial charge in [0.15, 0.2) is 0 Å². The zero-order valence-electron chi connectivity index (χ0n) is 11.2. The largest absolute Gasteiger partial charge is 0.373 e. The lowest BCUT2D eigenvalue weighted by atomic mass is 10.2. The van der Waals surface area contributed by atoms with Crippen LogP contribution >= 0.6 is 11.3 Å². The van der Waals surface area contributed by atoms with Gasteiger partial charge in [-0.3, -0.25) is 10.1 Å². The molecule has 0 fully saturated rings. The van der Waals surface area contributed by atoms with Crippen molar-refractivity contribution in [3.63, 3.8) is 0 Å². The number of aromatic nitrogens is 2. The molecule has 7 heteroatoms. The number of thiazole rings is 1. The first kappa shape index (κ1) is 13.4. The average Bonchev–Trinajstić information content (AvgIpc) is 2.89. The van der Waals surface area contributed by atoms with Crippen molar-refractivity contribution in [3.05, 3.63) is 57.2 Å². The molecule has 0 aliphatic heterocycles. The lowest BCUT2D eigenvalue weighted by Crippen LogP contribution is -2.02. The molecule has 2 heterocycles. The number of fused-ring (bicyclic) bond motifs is 1. The molecular formula is C14H12N4O2S. The maximum atomic E-state index is 11.1. The highest BCUT2D eigenvalue weighted by Gasteiger charge is 2.17. The van der Waals surface area contributed by atoms with E-state index in [1.165, 1.54) is 17.4 Å². The van der Waals surface area contributed by atoms with Crippen LogP contribution in [0.4, 0.5) is 11.5 Å². The molecular weight excluding hydrogens is 288 g/mol. The van der Waals surface area contributed by atoms with Crippen LogP contribution in [0.3, 0.4) is 0 Å². The zero-order chi connectivity index (χ0) is 14.8. The molecule has 0 spiro atoms. The van der Waals surface area contributed by atoms with Crippen LogP contribution < -0.4 is 5.32 Å². The van der Waals surface area contributed by atoms with Crippen LogP contribution in [-0.4, -0.2) is 21.9 Å². The second-order valence-corrected chi connectivity index (χ2v) is 5.54. The summed E-state index contributed by atoms with van der Waals surface area (Å²) in [6.07, 6.45) is 0.352. The molecule has 21 heavy (non-hydrogen) atoms. The molecule has 0 aliphatic carbocycles. The van der Waals surface area contributed by atoms with E-state index < -0.39 is 4.92 Å². The third-order valence-electron chi connectivity index (χ3n) is 3.06. The summed E-state index contributed by atoms with van der Waals surface area (Å²) in [6.45, 7) is 0. The first-order valence-corrected chi connectivity index (χ1v) is 7.15. The van der Waals surface area contributed by atoms with Crippen molar-refractivity contribution < 1.29 is 4.92 Å². The first-order chi connectivity index (χ1) is 10.2. The predicted molar refractivity (Wildman–Crippen MR) is 82.9 cm³/mol. The second-order valence-electron chi connectivity index (χ2n) is 4.42. The number of anilines is 1. The first-order valence-electron chi connectivity index (χ1n) is 6.34. The Morgan fingerprint density at radius 3 is 2.76 bits per heavy atom. The van der Waals surface area contributed by atoms with Crippen molar-refractivity contribution in [3.8, 4) is 0 Å². The number of nitrogens with zero attached hydrogens (tertiary/aromatic N) is 3. The number of hydrogen-bond acceptors (Lipinski definition) is 6. The maximum Gasteiger partial charge on any atom is 0.291 e. The van der Waals surface area contributed by atoms with Crippen LogP contribution in [-0.2, 0) is 6.42 Å². The van der Waals surface area contributed by atoms with E-state index in [9.17, 15) is 10.1 Å². The highest BCUT2D eigenvalue weighted by atomic mass is 32.1. The summed E-state index contributed by atoms with van der Waals surface area (Å²) >= 11 is 1.53. The summed E-state index contributed by atoms with van der Waals surface area (Å²) in [5.41, 5.74) is 1.35. The van der Waals surface area contributed by atoms with E-state index in [-0.39, 0.29) is 5.69 Å². The van der Waals surface area contributed by atoms with Gasteiger partial charge in [-0.25, -0.2) is 9.97 Å². The minimum absolute atomic E-state index is 0.0215. The van der Waals surface area contributed by atoms with Crippen LogP contribution in [0, 0.1) is 10.1 Å². The molecule has 1 aromatic carbocycles. The van der Waals surface area contributed by atoms with Crippen LogP contribution in [0.15, 0.2) is 36.4 Å². The van der Waals surface area contributed by atoms with Gasteiger partial charge in [0.1, 0.15) is 16.5 Å². The number of nitro groups is 1. The Bertz CT molecular complexity index is 783. The SMILES string of the molecule is CNc1ccc([N+](=O)[O-])c(Cc2nc3ccccc3s2)n1. The van der Waals surface area contributed by atoms with E-state index in [1.54, 1.807) is 13.1 Å². The lowest BCUT2D eigenvalue weighted by molar-refractivity contribution is -0.385. The maximum absolute atomic E-state index is 11.1. The van der Waals surface area contributed by atoms with Gasteiger partial charge in [0, 0.05) is 19.5 Å². The van der Waals surface area contributed by atoms with Gasteiger partial charge in [-0.15, -0.1) is 11.3 Å². The molecule has 3 aromatic rings. The number of benzene rings is 1. The molecule has 0 saturated heterocycles. The van der Waals surface area contributed by atoms with Gasteiger partial charge in [-0.05, 0) is 18.2 Å². The third-order valence-corrected chi connectivity index (χ3v) is 4.10. The minimum Gasteiger partial charge on any atom is -0.373 e. The molecule has 0 radical (unpaired) electrons. The van der Waals surface area contributed by atoms with Crippen LogP contribution in [0.5, 0.6) is 0 Å². The highest BCUT2D eigenvalue weighted by Crippen LogP contribution is 2.27. The predicted octanol–water partition coefficient (Wildman–Crippen LogP) is 3.23. The summed E-state index contributed by atoms with van der Waals surface area (Å²) in [6, 6.07) is 10.9. The fourth-order valence-electron chi connectivity index (χ4n) is 2.07. The molecule has 0 aliphatic rings. The van der Waals surface area contributed by atoms with Gasteiger partial charge in [-0.2, -0.15) is 0 Å². The normalized spacial score (nSPS) is 10.7. The fourth-order valence-corrected chi connectivity index (χ4v) is 3.04. The van der Waals surface area contributed by atoms with E-state index in [2.05, 4.69) is 15.3 Å². The van der Waals surface area contributed by atoms with E-state index in [1.807, 2.05) is 24.3 Å². The summed E-state index contributed by atoms with van der Waals surface area (Å²) in [5, 5.41) is 14.8. The smallest absolute Gasteiger partial charge is 0.291 e. The van der Waals surface area contributed by atoms with Crippen LogP contribution in [0.25, 0.3) is 10.2 Å². The van der Waals surface area contributed by atoms with Gasteiger partial charge in [0.25, 0.3) is 5.69 Å². The van der Waals surface area contributed by atoms with Crippen molar-refractivity contribution in [1.82, 2.24) is 9.97 Å². The monoisotopic (exact) mass is 300 g/mol. The molecule has 3 rings (SSSR count). The average molecular weight is 300 g/mol. The molecule has 6 nitrogen and oxygen atoms in total. The van der Waals surface area contributed by atoms with E-state index >= 15 is 0 Å². The minimum atomic E-state index is -0.408. The number of hydrogen-bond donors (Lipinski definition) is 1. The highest BCUT2D eigenvalue weighted by molar-refractivity contribution is 7.18. The quantitative estimate of drug-likeness (QED) is 0.591. The zero-order valence-corrected chi connectivity index (χ0v) is 12.1. The van der Waals surface area contributed by atoms with E-state index in [4.69, 9.17) is 0 Å². The van der Waals surface area contributed by atoms with Crippen molar-refractivity contribution in [2.24, 2.45) is 0 Å². The lowest BCUT2D eigenvalue weighted by Gasteiger charge is -2.03. The Balaban J connectivity index is 2.01. The van der Waals surface area contributed by atoms with E-state index in [0.29, 0.717) is 17.9 Å². The fraction of sp³-hybridized carbons (Fsp3) is 0.143. The molecule has 106 valence electrons. The second kappa shape index (κ2) is 5.45.